The molecule has 1 aromatic rings. The molecule has 1 aliphatic carbocycles. The van der Waals surface area contributed by atoms with Gasteiger partial charge in [-0.2, -0.15) is 0 Å². The average Bonchev–Trinajstić information content (AvgIpc) is 2.82. The molecule has 1 saturated carbocycles. The molecule has 1 aromatic heterocycles. The lowest BCUT2D eigenvalue weighted by Gasteiger charge is -2.37. The highest BCUT2D eigenvalue weighted by Gasteiger charge is 2.42. The summed E-state index contributed by atoms with van der Waals surface area (Å²) in [4.78, 5) is 15.9. The summed E-state index contributed by atoms with van der Waals surface area (Å²) >= 11 is 1.57. The van der Waals surface area contributed by atoms with E-state index in [1.807, 2.05) is 5.38 Å². The van der Waals surface area contributed by atoms with E-state index in [2.05, 4.69) is 18.8 Å². The first-order chi connectivity index (χ1) is 8.53. The second kappa shape index (κ2) is 5.39. The molecule has 0 spiro atoms. The van der Waals surface area contributed by atoms with Crippen molar-refractivity contribution in [1.29, 1.82) is 0 Å². The summed E-state index contributed by atoms with van der Waals surface area (Å²) in [5.41, 5.74) is -0.566. The van der Waals surface area contributed by atoms with Crippen LogP contribution in [0.3, 0.4) is 0 Å². The Morgan fingerprint density at radius 1 is 1.56 bits per heavy atom. The minimum atomic E-state index is -0.639. The van der Waals surface area contributed by atoms with Gasteiger partial charge in [0, 0.05) is 18.0 Å². The molecule has 0 saturated heterocycles. The first-order valence-electron chi connectivity index (χ1n) is 6.65. The largest absolute Gasteiger partial charge is 0.481 e. The van der Waals surface area contributed by atoms with E-state index in [0.29, 0.717) is 18.3 Å². The number of aromatic nitrogens is 1. The number of thiazole rings is 1. The van der Waals surface area contributed by atoms with Crippen molar-refractivity contribution in [1.82, 2.24) is 4.98 Å². The molecule has 100 valence electrons. The van der Waals surface area contributed by atoms with Crippen LogP contribution in [-0.4, -0.2) is 16.1 Å². The van der Waals surface area contributed by atoms with Gasteiger partial charge in [0.15, 0.2) is 0 Å². The van der Waals surface area contributed by atoms with E-state index in [9.17, 15) is 9.90 Å². The summed E-state index contributed by atoms with van der Waals surface area (Å²) < 4.78 is 0. The number of carboxylic acids is 1. The Kier molecular flexibility index (Phi) is 4.05. The van der Waals surface area contributed by atoms with E-state index in [-0.39, 0.29) is 0 Å². The Hall–Kier alpha value is -0.900. The molecule has 1 N–H and O–H groups in total. The maximum atomic E-state index is 11.7. The van der Waals surface area contributed by atoms with Crippen molar-refractivity contribution in [3.05, 3.63) is 16.6 Å². The van der Waals surface area contributed by atoms with Gasteiger partial charge < -0.3 is 5.11 Å². The van der Waals surface area contributed by atoms with Crippen LogP contribution in [0.5, 0.6) is 0 Å². The molecular weight excluding hydrogens is 246 g/mol. The van der Waals surface area contributed by atoms with Crippen LogP contribution in [0.4, 0.5) is 0 Å². The lowest BCUT2D eigenvalue weighted by molar-refractivity contribution is -0.151. The molecular formula is C14H21NO2S. The lowest BCUT2D eigenvalue weighted by atomic mass is 9.66. The van der Waals surface area contributed by atoms with Crippen molar-refractivity contribution in [2.75, 3.05) is 0 Å². The predicted molar refractivity (Wildman–Crippen MR) is 72.7 cm³/mol. The lowest BCUT2D eigenvalue weighted by Crippen LogP contribution is -2.38. The zero-order valence-electron chi connectivity index (χ0n) is 11.1. The standard InChI is InChI=1S/C14H21NO2S/c1-10(2)11-3-5-14(6-4-11,13(16)17)9-12-15-7-8-18-12/h7-8,10-11H,3-6,9H2,1-2H3,(H,16,17). The molecule has 1 heterocycles. The fourth-order valence-electron chi connectivity index (χ4n) is 2.96. The third-order valence-electron chi connectivity index (χ3n) is 4.36. The highest BCUT2D eigenvalue weighted by Crippen LogP contribution is 2.44. The Labute approximate surface area is 112 Å². The quantitative estimate of drug-likeness (QED) is 0.906. The minimum absolute atomic E-state index is 0.566. The zero-order chi connectivity index (χ0) is 13.2. The fourth-order valence-corrected chi connectivity index (χ4v) is 3.72. The minimum Gasteiger partial charge on any atom is -0.481 e. The van der Waals surface area contributed by atoms with Crippen LogP contribution in [0.15, 0.2) is 11.6 Å². The van der Waals surface area contributed by atoms with Crippen molar-refractivity contribution >= 4 is 17.3 Å². The van der Waals surface area contributed by atoms with Crippen LogP contribution in [0.1, 0.15) is 44.5 Å². The molecule has 3 nitrogen and oxygen atoms in total. The summed E-state index contributed by atoms with van der Waals surface area (Å²) in [6.07, 6.45) is 6.03. The van der Waals surface area contributed by atoms with Crippen LogP contribution in [-0.2, 0) is 11.2 Å². The second-order valence-corrected chi connectivity index (χ2v) is 6.75. The van der Waals surface area contributed by atoms with Gasteiger partial charge in [-0.1, -0.05) is 13.8 Å². The summed E-state index contributed by atoms with van der Waals surface area (Å²) in [6.45, 7) is 4.47. The van der Waals surface area contributed by atoms with Gasteiger partial charge in [-0.05, 0) is 37.5 Å². The molecule has 0 radical (unpaired) electrons. The van der Waals surface area contributed by atoms with Gasteiger partial charge in [-0.25, -0.2) is 4.98 Å². The SMILES string of the molecule is CC(C)C1CCC(Cc2nccs2)(C(=O)O)CC1. The molecule has 18 heavy (non-hydrogen) atoms. The van der Waals surface area contributed by atoms with E-state index in [4.69, 9.17) is 0 Å². The Morgan fingerprint density at radius 3 is 2.67 bits per heavy atom. The molecule has 0 atom stereocenters. The van der Waals surface area contributed by atoms with Gasteiger partial charge in [-0.3, -0.25) is 4.79 Å². The predicted octanol–water partition coefficient (Wildman–Crippen LogP) is 3.60. The number of hydrogen-bond acceptors (Lipinski definition) is 3. The van der Waals surface area contributed by atoms with E-state index in [0.717, 1.165) is 30.7 Å². The molecule has 2 rings (SSSR count). The van der Waals surface area contributed by atoms with E-state index in [1.165, 1.54) is 0 Å². The normalized spacial score (nSPS) is 28.5. The van der Waals surface area contributed by atoms with Gasteiger partial charge in [0.2, 0.25) is 0 Å². The van der Waals surface area contributed by atoms with Crippen LogP contribution in [0.25, 0.3) is 0 Å². The molecule has 1 aliphatic rings. The number of carbonyl (C=O) groups is 1. The monoisotopic (exact) mass is 267 g/mol. The number of carboxylic acid groups (broad SMARTS) is 1. The molecule has 1 fully saturated rings. The third kappa shape index (κ3) is 2.74. The zero-order valence-corrected chi connectivity index (χ0v) is 11.9. The van der Waals surface area contributed by atoms with E-state index >= 15 is 0 Å². The summed E-state index contributed by atoms with van der Waals surface area (Å²) in [5, 5.41) is 12.5. The second-order valence-electron chi connectivity index (χ2n) is 5.77. The Balaban J connectivity index is 2.08. The summed E-state index contributed by atoms with van der Waals surface area (Å²) in [7, 11) is 0. The van der Waals surface area contributed by atoms with Gasteiger partial charge in [-0.15, -0.1) is 11.3 Å². The Morgan fingerprint density at radius 2 is 2.22 bits per heavy atom. The Bertz CT molecular complexity index is 392. The van der Waals surface area contributed by atoms with Gasteiger partial charge in [0.25, 0.3) is 0 Å². The highest BCUT2D eigenvalue weighted by molar-refractivity contribution is 7.09. The maximum Gasteiger partial charge on any atom is 0.310 e. The van der Waals surface area contributed by atoms with Crippen molar-refractivity contribution in [3.8, 4) is 0 Å². The van der Waals surface area contributed by atoms with Crippen LogP contribution < -0.4 is 0 Å². The first kappa shape index (κ1) is 13.5. The molecule has 0 unspecified atom stereocenters. The van der Waals surface area contributed by atoms with E-state index in [1.54, 1.807) is 17.5 Å². The fraction of sp³-hybridized carbons (Fsp3) is 0.714. The van der Waals surface area contributed by atoms with Gasteiger partial charge in [0.1, 0.15) is 0 Å². The van der Waals surface area contributed by atoms with Crippen molar-refractivity contribution in [2.24, 2.45) is 17.3 Å². The third-order valence-corrected chi connectivity index (χ3v) is 5.14. The maximum absolute atomic E-state index is 11.7. The highest BCUT2D eigenvalue weighted by atomic mass is 32.1. The molecule has 0 aromatic carbocycles. The molecule has 0 amide bonds. The molecule has 0 bridgehead atoms. The number of nitrogens with zero attached hydrogens (tertiary/aromatic N) is 1. The van der Waals surface area contributed by atoms with Crippen LogP contribution in [0, 0.1) is 17.3 Å². The van der Waals surface area contributed by atoms with Gasteiger partial charge >= 0.3 is 5.97 Å². The first-order valence-corrected chi connectivity index (χ1v) is 7.53. The number of aliphatic carboxylic acids is 1. The van der Waals surface area contributed by atoms with Crippen molar-refractivity contribution in [2.45, 2.75) is 46.0 Å². The average molecular weight is 267 g/mol. The van der Waals surface area contributed by atoms with Crippen molar-refractivity contribution in [3.63, 3.8) is 0 Å². The topological polar surface area (TPSA) is 50.2 Å². The van der Waals surface area contributed by atoms with Crippen LogP contribution >= 0.6 is 11.3 Å². The van der Waals surface area contributed by atoms with E-state index < -0.39 is 11.4 Å². The number of hydrogen-bond donors (Lipinski definition) is 1. The molecule has 0 aliphatic heterocycles. The van der Waals surface area contributed by atoms with Crippen molar-refractivity contribution < 1.29 is 9.90 Å². The summed E-state index contributed by atoms with van der Waals surface area (Å²) in [5.74, 6) is 0.713. The summed E-state index contributed by atoms with van der Waals surface area (Å²) in [6, 6.07) is 0. The van der Waals surface area contributed by atoms with Crippen LogP contribution in [0.2, 0.25) is 0 Å². The number of rotatable bonds is 4. The smallest absolute Gasteiger partial charge is 0.310 e. The van der Waals surface area contributed by atoms with Gasteiger partial charge in [0.05, 0.1) is 10.4 Å². The molecule has 4 heteroatoms.